The molecule has 47 heavy (non-hydrogen) atoms. The van der Waals surface area contributed by atoms with Crippen LogP contribution < -0.4 is 31.9 Å². The number of carbonyl (C=O) groups excluding carboxylic acids is 5. The van der Waals surface area contributed by atoms with Crippen LogP contribution in [0, 0.1) is 0 Å². The molecule has 1 aromatic heterocycles. The predicted octanol–water partition coefficient (Wildman–Crippen LogP) is 3.98. The fraction of sp³-hybridized carbons (Fsp3) is 0.710. The van der Waals surface area contributed by atoms with Crippen molar-refractivity contribution < 1.29 is 38.2 Å². The number of aromatic nitrogens is 2. The summed E-state index contributed by atoms with van der Waals surface area (Å²) in [5, 5.41) is 16.6. The standard InChI is InChI=1S/C31H54N8O8/c1-11-14-34-25(41)22-24(33-17-19-37-28(44)47-31(8,9)10)38-21(20(40)13-12-15-35-26(42)45-29(2,3)4)23(39-22)32-16-18-36-27(43)46-30(5,6)7/h11-19H2,1-10H3,(H,32,39)(H,33,38)(H,34,41)(H,35,42)(H,36,43)(H,37,44). The average Bonchev–Trinajstić information content (AvgIpc) is 2.91. The molecule has 1 rings (SSSR count). The molecule has 0 radical (unpaired) electrons. The summed E-state index contributed by atoms with van der Waals surface area (Å²) in [5.74, 6) is -0.837. The Labute approximate surface area is 277 Å². The highest BCUT2D eigenvalue weighted by molar-refractivity contribution is 6.02. The minimum atomic E-state index is -0.674. The molecule has 1 aromatic rings. The van der Waals surface area contributed by atoms with Gasteiger partial charge in [0.1, 0.15) is 16.8 Å². The van der Waals surface area contributed by atoms with Gasteiger partial charge in [0, 0.05) is 45.7 Å². The van der Waals surface area contributed by atoms with Crippen LogP contribution in [-0.2, 0) is 14.2 Å². The van der Waals surface area contributed by atoms with Gasteiger partial charge in [-0.3, -0.25) is 9.59 Å². The van der Waals surface area contributed by atoms with Gasteiger partial charge in [0.05, 0.1) is 0 Å². The molecule has 0 aliphatic carbocycles. The molecule has 1 heterocycles. The second-order valence-electron chi connectivity index (χ2n) is 13.5. The molecule has 16 heteroatoms. The molecule has 0 bridgehead atoms. The number of carbonyl (C=O) groups is 5. The monoisotopic (exact) mass is 666 g/mol. The van der Waals surface area contributed by atoms with Crippen molar-refractivity contribution in [3.63, 3.8) is 0 Å². The first-order valence-corrected chi connectivity index (χ1v) is 15.8. The van der Waals surface area contributed by atoms with Gasteiger partial charge < -0.3 is 46.1 Å². The third-order valence-corrected chi connectivity index (χ3v) is 5.33. The lowest BCUT2D eigenvalue weighted by atomic mass is 10.1. The van der Waals surface area contributed by atoms with Crippen LogP contribution in [0.2, 0.25) is 0 Å². The van der Waals surface area contributed by atoms with Crippen LogP contribution in [0.5, 0.6) is 0 Å². The molecular weight excluding hydrogens is 612 g/mol. The maximum atomic E-state index is 13.4. The van der Waals surface area contributed by atoms with Gasteiger partial charge in [0.25, 0.3) is 5.91 Å². The molecule has 0 atom stereocenters. The van der Waals surface area contributed by atoms with E-state index in [9.17, 15) is 24.0 Å². The summed E-state index contributed by atoms with van der Waals surface area (Å²) in [7, 11) is 0. The molecule has 6 N–H and O–H groups in total. The van der Waals surface area contributed by atoms with E-state index in [1.54, 1.807) is 62.3 Å². The Morgan fingerprint density at radius 3 is 1.38 bits per heavy atom. The first-order valence-electron chi connectivity index (χ1n) is 15.8. The molecule has 0 saturated heterocycles. The molecule has 0 unspecified atom stereocenters. The molecule has 0 spiro atoms. The minimum absolute atomic E-state index is 0.00364. The Hall–Kier alpha value is -4.37. The largest absolute Gasteiger partial charge is 0.444 e. The predicted molar refractivity (Wildman–Crippen MR) is 178 cm³/mol. The van der Waals surface area contributed by atoms with E-state index < -0.39 is 46.8 Å². The van der Waals surface area contributed by atoms with Gasteiger partial charge in [-0.05, 0) is 75.2 Å². The van der Waals surface area contributed by atoms with E-state index in [1.165, 1.54) is 0 Å². The number of alkyl carbamates (subject to hydrolysis) is 3. The number of anilines is 2. The number of ketones is 1. The van der Waals surface area contributed by atoms with E-state index in [1.807, 2.05) is 6.92 Å². The minimum Gasteiger partial charge on any atom is -0.444 e. The van der Waals surface area contributed by atoms with Crippen LogP contribution in [0.4, 0.5) is 26.0 Å². The topological polar surface area (TPSA) is 211 Å². The van der Waals surface area contributed by atoms with E-state index in [0.717, 1.165) is 0 Å². The molecule has 16 nitrogen and oxygen atoms in total. The number of amides is 4. The van der Waals surface area contributed by atoms with E-state index in [-0.39, 0.29) is 68.6 Å². The Kier molecular flexibility index (Phi) is 16.2. The average molecular weight is 667 g/mol. The lowest BCUT2D eigenvalue weighted by Gasteiger charge is -2.20. The number of rotatable bonds is 16. The van der Waals surface area contributed by atoms with Crippen molar-refractivity contribution in [2.24, 2.45) is 0 Å². The van der Waals surface area contributed by atoms with Crippen LogP contribution in [0.15, 0.2) is 0 Å². The van der Waals surface area contributed by atoms with Gasteiger partial charge in [-0.15, -0.1) is 0 Å². The molecule has 0 aliphatic rings. The summed E-state index contributed by atoms with van der Waals surface area (Å²) in [6, 6.07) is 0. The van der Waals surface area contributed by atoms with Gasteiger partial charge in [0.15, 0.2) is 28.8 Å². The molecule has 0 aliphatic heterocycles. The quantitative estimate of drug-likeness (QED) is 0.0841. The number of hydrogen-bond acceptors (Lipinski definition) is 12. The van der Waals surface area contributed by atoms with Crippen LogP contribution in [-0.4, -0.2) is 96.0 Å². The number of ether oxygens (including phenoxy) is 3. The summed E-state index contributed by atoms with van der Waals surface area (Å²) in [5.41, 5.74) is -2.12. The molecule has 0 aromatic carbocycles. The van der Waals surface area contributed by atoms with Crippen LogP contribution in [0.1, 0.15) is 109 Å². The third kappa shape index (κ3) is 18.4. The lowest BCUT2D eigenvalue weighted by Crippen LogP contribution is -2.36. The van der Waals surface area contributed by atoms with Gasteiger partial charge in [-0.25, -0.2) is 24.4 Å². The highest BCUT2D eigenvalue weighted by Crippen LogP contribution is 2.20. The summed E-state index contributed by atoms with van der Waals surface area (Å²) in [6.45, 7) is 18.7. The smallest absolute Gasteiger partial charge is 0.407 e. The summed E-state index contributed by atoms with van der Waals surface area (Å²) in [4.78, 5) is 71.6. The fourth-order valence-electron chi connectivity index (χ4n) is 3.55. The number of hydrogen-bond donors (Lipinski definition) is 6. The van der Waals surface area contributed by atoms with Gasteiger partial charge >= 0.3 is 18.3 Å². The van der Waals surface area contributed by atoms with E-state index in [4.69, 9.17) is 14.2 Å². The Morgan fingerprint density at radius 2 is 0.957 bits per heavy atom. The highest BCUT2D eigenvalue weighted by atomic mass is 16.6. The Morgan fingerprint density at radius 1 is 0.553 bits per heavy atom. The SMILES string of the molecule is CCCNC(=O)c1nc(NCCNC(=O)OC(C)(C)C)c(C(=O)CCCNC(=O)OC(C)(C)C)nc1NCCNC(=O)OC(C)(C)C. The molecule has 266 valence electrons. The zero-order valence-electron chi connectivity index (χ0n) is 29.5. The summed E-state index contributed by atoms with van der Waals surface area (Å²) < 4.78 is 15.7. The normalized spacial score (nSPS) is 11.5. The maximum Gasteiger partial charge on any atom is 0.407 e. The van der Waals surface area contributed by atoms with E-state index >= 15 is 0 Å². The van der Waals surface area contributed by atoms with Crippen LogP contribution >= 0.6 is 0 Å². The molecule has 0 saturated carbocycles. The second kappa shape index (κ2) is 18.7. The van der Waals surface area contributed by atoms with Crippen molar-refractivity contribution in [3.8, 4) is 0 Å². The number of nitrogens with one attached hydrogen (secondary N) is 6. The van der Waals surface area contributed by atoms with Crippen molar-refractivity contribution in [1.29, 1.82) is 0 Å². The fourth-order valence-corrected chi connectivity index (χ4v) is 3.55. The van der Waals surface area contributed by atoms with Crippen LogP contribution in [0.25, 0.3) is 0 Å². The number of nitrogens with zero attached hydrogens (tertiary/aromatic N) is 2. The number of Topliss-reactive ketones (excluding diaryl/α,β-unsaturated/α-hetero) is 1. The summed E-state index contributed by atoms with van der Waals surface area (Å²) in [6.07, 6.45) is -0.868. The second-order valence-corrected chi connectivity index (χ2v) is 13.5. The maximum absolute atomic E-state index is 13.4. The van der Waals surface area contributed by atoms with Gasteiger partial charge in [-0.2, -0.15) is 0 Å². The highest BCUT2D eigenvalue weighted by Gasteiger charge is 2.24. The van der Waals surface area contributed by atoms with Crippen molar-refractivity contribution in [3.05, 3.63) is 11.4 Å². The molecule has 4 amide bonds. The summed E-state index contributed by atoms with van der Waals surface area (Å²) >= 11 is 0. The lowest BCUT2D eigenvalue weighted by molar-refractivity contribution is 0.0516. The van der Waals surface area contributed by atoms with E-state index in [2.05, 4.69) is 41.9 Å². The van der Waals surface area contributed by atoms with Gasteiger partial charge in [-0.1, -0.05) is 6.92 Å². The third-order valence-electron chi connectivity index (χ3n) is 5.33. The van der Waals surface area contributed by atoms with Crippen LogP contribution in [0.3, 0.4) is 0 Å². The zero-order valence-corrected chi connectivity index (χ0v) is 29.5. The van der Waals surface area contributed by atoms with Crippen molar-refractivity contribution in [2.75, 3.05) is 49.9 Å². The molecule has 0 fully saturated rings. The van der Waals surface area contributed by atoms with Crippen molar-refractivity contribution >= 4 is 41.6 Å². The Bertz CT molecular complexity index is 1220. The first kappa shape index (κ1) is 40.7. The molecular formula is C31H54N8O8. The van der Waals surface area contributed by atoms with E-state index in [0.29, 0.717) is 13.0 Å². The zero-order chi connectivity index (χ0) is 35.8. The van der Waals surface area contributed by atoms with Crippen molar-refractivity contribution in [2.45, 2.75) is 105 Å². The van der Waals surface area contributed by atoms with Crippen molar-refractivity contribution in [1.82, 2.24) is 31.2 Å². The Balaban J connectivity index is 3.20. The van der Waals surface area contributed by atoms with Gasteiger partial charge in [0.2, 0.25) is 0 Å². The first-order chi connectivity index (χ1) is 21.7.